The number of phenolic OH excluding ortho intramolecular Hbond substituents is 1. The minimum Gasteiger partial charge on any atom is -0.508 e. The summed E-state index contributed by atoms with van der Waals surface area (Å²) in [6.07, 6.45) is 0. The molecule has 4 heteroatoms. The van der Waals surface area contributed by atoms with Crippen LogP contribution in [0.25, 0.3) is 0 Å². The molecule has 0 aliphatic carbocycles. The number of nitrogens with zero attached hydrogens (tertiary/aromatic N) is 2. The molecule has 0 aromatic heterocycles. The van der Waals surface area contributed by atoms with Crippen LogP contribution in [0.15, 0.2) is 24.3 Å². The first kappa shape index (κ1) is 13.9. The van der Waals surface area contributed by atoms with Crippen molar-refractivity contribution in [3.63, 3.8) is 0 Å². The van der Waals surface area contributed by atoms with E-state index < -0.39 is 0 Å². The van der Waals surface area contributed by atoms with Gasteiger partial charge < -0.3 is 10.0 Å². The number of aromatic hydroxyl groups is 1. The Bertz CT molecular complexity index is 438. The van der Waals surface area contributed by atoms with Gasteiger partial charge in [0, 0.05) is 38.3 Å². The summed E-state index contributed by atoms with van der Waals surface area (Å²) >= 11 is 0. The second-order valence-electron chi connectivity index (χ2n) is 5.54. The molecular formula is C15H22N2O2. The maximum Gasteiger partial charge on any atom is 0.254 e. The summed E-state index contributed by atoms with van der Waals surface area (Å²) in [5.41, 5.74) is 0.567. The Hall–Kier alpha value is -1.55. The molecule has 0 bridgehead atoms. The highest BCUT2D eigenvalue weighted by Gasteiger charge is 2.22. The molecule has 1 aliphatic heterocycles. The summed E-state index contributed by atoms with van der Waals surface area (Å²) in [6, 6.07) is 6.57. The molecule has 0 atom stereocenters. The van der Waals surface area contributed by atoms with Gasteiger partial charge in [-0.1, -0.05) is 19.9 Å². The van der Waals surface area contributed by atoms with Gasteiger partial charge in [-0.25, -0.2) is 0 Å². The minimum atomic E-state index is 0.0140. The van der Waals surface area contributed by atoms with Gasteiger partial charge in [-0.3, -0.25) is 9.69 Å². The Morgan fingerprint density at radius 3 is 2.53 bits per heavy atom. The predicted octanol–water partition coefficient (Wildman–Crippen LogP) is 1.81. The Morgan fingerprint density at radius 1 is 1.26 bits per heavy atom. The highest BCUT2D eigenvalue weighted by molar-refractivity contribution is 5.94. The summed E-state index contributed by atoms with van der Waals surface area (Å²) in [6.45, 7) is 8.91. The van der Waals surface area contributed by atoms with E-state index in [9.17, 15) is 9.90 Å². The van der Waals surface area contributed by atoms with E-state index in [-0.39, 0.29) is 11.7 Å². The smallest absolute Gasteiger partial charge is 0.254 e. The molecule has 1 aromatic rings. The van der Waals surface area contributed by atoms with Crippen LogP contribution in [0, 0.1) is 5.92 Å². The average Bonchev–Trinajstić information content (AvgIpc) is 2.38. The number of hydrogen-bond donors (Lipinski definition) is 1. The molecule has 0 radical (unpaired) electrons. The van der Waals surface area contributed by atoms with E-state index in [1.807, 2.05) is 4.90 Å². The molecular weight excluding hydrogens is 240 g/mol. The topological polar surface area (TPSA) is 43.8 Å². The second-order valence-corrected chi connectivity index (χ2v) is 5.54. The van der Waals surface area contributed by atoms with E-state index in [1.54, 1.807) is 18.2 Å². The van der Waals surface area contributed by atoms with Crippen molar-refractivity contribution < 1.29 is 9.90 Å². The predicted molar refractivity (Wildman–Crippen MR) is 75.3 cm³/mol. The van der Waals surface area contributed by atoms with E-state index in [0.29, 0.717) is 11.5 Å². The van der Waals surface area contributed by atoms with Gasteiger partial charge in [-0.05, 0) is 24.1 Å². The van der Waals surface area contributed by atoms with Crippen LogP contribution in [0.3, 0.4) is 0 Å². The van der Waals surface area contributed by atoms with E-state index in [0.717, 1.165) is 32.7 Å². The summed E-state index contributed by atoms with van der Waals surface area (Å²) in [4.78, 5) is 16.5. The third kappa shape index (κ3) is 3.70. The molecule has 4 nitrogen and oxygen atoms in total. The van der Waals surface area contributed by atoms with Crippen LogP contribution in [0.5, 0.6) is 5.75 Å². The zero-order chi connectivity index (χ0) is 13.8. The van der Waals surface area contributed by atoms with Crippen molar-refractivity contribution in [1.82, 2.24) is 9.80 Å². The number of carbonyl (C=O) groups is 1. The van der Waals surface area contributed by atoms with Crippen molar-refractivity contribution in [1.29, 1.82) is 0 Å². The molecule has 1 saturated heterocycles. The highest BCUT2D eigenvalue weighted by atomic mass is 16.3. The lowest BCUT2D eigenvalue weighted by atomic mass is 10.1. The number of carbonyl (C=O) groups excluding carboxylic acids is 1. The van der Waals surface area contributed by atoms with Gasteiger partial charge in [0.1, 0.15) is 5.75 Å². The van der Waals surface area contributed by atoms with Crippen molar-refractivity contribution >= 4 is 5.91 Å². The van der Waals surface area contributed by atoms with Crippen molar-refractivity contribution in [3.05, 3.63) is 29.8 Å². The van der Waals surface area contributed by atoms with Gasteiger partial charge in [0.05, 0.1) is 0 Å². The monoisotopic (exact) mass is 262 g/mol. The van der Waals surface area contributed by atoms with Crippen LogP contribution in [0.4, 0.5) is 0 Å². The zero-order valence-electron chi connectivity index (χ0n) is 11.7. The number of piperazine rings is 1. The lowest BCUT2D eigenvalue weighted by Crippen LogP contribution is -2.49. The molecule has 2 rings (SSSR count). The number of benzene rings is 1. The molecule has 1 aromatic carbocycles. The van der Waals surface area contributed by atoms with Gasteiger partial charge in [-0.15, -0.1) is 0 Å². The molecule has 0 unspecified atom stereocenters. The van der Waals surface area contributed by atoms with Gasteiger partial charge in [0.2, 0.25) is 0 Å². The molecule has 104 valence electrons. The first-order chi connectivity index (χ1) is 9.06. The lowest BCUT2D eigenvalue weighted by Gasteiger charge is -2.35. The molecule has 0 saturated carbocycles. The second kappa shape index (κ2) is 6.06. The quantitative estimate of drug-likeness (QED) is 0.903. The summed E-state index contributed by atoms with van der Waals surface area (Å²) in [5.74, 6) is 0.817. The summed E-state index contributed by atoms with van der Waals surface area (Å²) < 4.78 is 0. The van der Waals surface area contributed by atoms with E-state index >= 15 is 0 Å². The fourth-order valence-corrected chi connectivity index (χ4v) is 2.47. The van der Waals surface area contributed by atoms with Crippen molar-refractivity contribution in [3.8, 4) is 5.75 Å². The maximum atomic E-state index is 12.3. The standard InChI is InChI=1S/C15H22N2O2/c1-12(2)11-16-6-8-17(9-7-16)15(19)13-4-3-5-14(18)10-13/h3-5,10,12,18H,6-9,11H2,1-2H3. The molecule has 1 amide bonds. The van der Waals surface area contributed by atoms with Crippen LogP contribution in [0.2, 0.25) is 0 Å². The molecule has 1 N–H and O–H groups in total. The highest BCUT2D eigenvalue weighted by Crippen LogP contribution is 2.14. The van der Waals surface area contributed by atoms with Crippen LogP contribution < -0.4 is 0 Å². The number of hydrogen-bond acceptors (Lipinski definition) is 3. The normalized spacial score (nSPS) is 16.9. The third-order valence-corrected chi connectivity index (χ3v) is 3.38. The molecule has 1 aliphatic rings. The fourth-order valence-electron chi connectivity index (χ4n) is 2.47. The van der Waals surface area contributed by atoms with Crippen molar-refractivity contribution in [2.75, 3.05) is 32.7 Å². The minimum absolute atomic E-state index is 0.0140. The number of rotatable bonds is 3. The summed E-state index contributed by atoms with van der Waals surface area (Å²) in [7, 11) is 0. The zero-order valence-corrected chi connectivity index (χ0v) is 11.7. The Labute approximate surface area is 114 Å². The van der Waals surface area contributed by atoms with E-state index in [1.165, 1.54) is 6.07 Å². The molecule has 0 spiro atoms. The van der Waals surface area contributed by atoms with Gasteiger partial charge in [0.25, 0.3) is 5.91 Å². The first-order valence-electron chi connectivity index (χ1n) is 6.87. The molecule has 1 heterocycles. The Balaban J connectivity index is 1.92. The van der Waals surface area contributed by atoms with Gasteiger partial charge in [-0.2, -0.15) is 0 Å². The Morgan fingerprint density at radius 2 is 1.95 bits per heavy atom. The van der Waals surface area contributed by atoms with Crippen molar-refractivity contribution in [2.24, 2.45) is 5.92 Å². The lowest BCUT2D eigenvalue weighted by molar-refractivity contribution is 0.0623. The van der Waals surface area contributed by atoms with Crippen LogP contribution >= 0.6 is 0 Å². The molecule has 1 fully saturated rings. The van der Waals surface area contributed by atoms with Crippen LogP contribution in [0.1, 0.15) is 24.2 Å². The van der Waals surface area contributed by atoms with E-state index in [4.69, 9.17) is 0 Å². The number of amides is 1. The molecule has 19 heavy (non-hydrogen) atoms. The number of phenols is 1. The van der Waals surface area contributed by atoms with E-state index in [2.05, 4.69) is 18.7 Å². The Kier molecular flexibility index (Phi) is 4.43. The van der Waals surface area contributed by atoms with Crippen LogP contribution in [-0.4, -0.2) is 53.5 Å². The third-order valence-electron chi connectivity index (χ3n) is 3.38. The first-order valence-corrected chi connectivity index (χ1v) is 6.87. The summed E-state index contributed by atoms with van der Waals surface area (Å²) in [5, 5.41) is 9.42. The SMILES string of the molecule is CC(C)CN1CCN(C(=O)c2cccc(O)c2)CC1. The van der Waals surface area contributed by atoms with Crippen LogP contribution in [-0.2, 0) is 0 Å². The van der Waals surface area contributed by atoms with Gasteiger partial charge >= 0.3 is 0 Å². The largest absolute Gasteiger partial charge is 0.508 e. The van der Waals surface area contributed by atoms with Crippen molar-refractivity contribution in [2.45, 2.75) is 13.8 Å². The average molecular weight is 262 g/mol. The fraction of sp³-hybridized carbons (Fsp3) is 0.533. The maximum absolute atomic E-state index is 12.3. The van der Waals surface area contributed by atoms with Gasteiger partial charge in [0.15, 0.2) is 0 Å².